The van der Waals surface area contributed by atoms with Gasteiger partial charge in [-0.15, -0.1) is 6.58 Å². The lowest BCUT2D eigenvalue weighted by Gasteiger charge is -2.15. The van der Waals surface area contributed by atoms with Crippen LogP contribution in [0.2, 0.25) is 5.02 Å². The number of urea groups is 1. The van der Waals surface area contributed by atoms with E-state index >= 15 is 0 Å². The minimum atomic E-state index is -0.486. The normalized spacial score (nSPS) is 14.8. The first kappa shape index (κ1) is 22.2. The number of halogens is 2. The molecular formula is C22H20ClIN2O4. The molecule has 0 saturated carbocycles. The van der Waals surface area contributed by atoms with E-state index in [1.54, 1.807) is 18.2 Å². The average molecular weight is 539 g/mol. The molecule has 30 heavy (non-hydrogen) atoms. The molecule has 0 aromatic heterocycles. The van der Waals surface area contributed by atoms with E-state index in [4.69, 9.17) is 21.1 Å². The fourth-order valence-corrected chi connectivity index (χ4v) is 3.48. The molecule has 0 bridgehead atoms. The first-order chi connectivity index (χ1) is 14.4. The summed E-state index contributed by atoms with van der Waals surface area (Å²) in [6.45, 7) is 6.30. The largest absolute Gasteiger partial charge is 0.490 e. The molecular weight excluding hydrogens is 519 g/mol. The lowest BCUT2D eigenvalue weighted by Crippen LogP contribution is -2.30. The first-order valence-electron chi connectivity index (χ1n) is 9.22. The summed E-state index contributed by atoms with van der Waals surface area (Å²) in [4.78, 5) is 25.4. The zero-order valence-corrected chi connectivity index (χ0v) is 19.2. The van der Waals surface area contributed by atoms with Crippen molar-refractivity contribution in [3.63, 3.8) is 0 Å². The monoisotopic (exact) mass is 538 g/mol. The number of nitrogens with one attached hydrogen (secondary N) is 1. The van der Waals surface area contributed by atoms with Gasteiger partial charge in [0.05, 0.1) is 11.6 Å². The van der Waals surface area contributed by atoms with Gasteiger partial charge in [-0.1, -0.05) is 29.8 Å². The fourth-order valence-electron chi connectivity index (χ4n) is 2.84. The van der Waals surface area contributed by atoms with Crippen LogP contribution in [-0.2, 0) is 11.4 Å². The van der Waals surface area contributed by atoms with Crippen LogP contribution in [-0.4, -0.2) is 30.0 Å². The highest BCUT2D eigenvalue weighted by Crippen LogP contribution is 2.38. The van der Waals surface area contributed by atoms with Gasteiger partial charge in [0.25, 0.3) is 5.91 Å². The molecule has 0 radical (unpaired) electrons. The summed E-state index contributed by atoms with van der Waals surface area (Å²) in [6.07, 6.45) is 3.05. The quantitative estimate of drug-likeness (QED) is 0.222. The molecule has 1 heterocycles. The van der Waals surface area contributed by atoms with Gasteiger partial charge in [0.1, 0.15) is 12.3 Å². The van der Waals surface area contributed by atoms with Gasteiger partial charge in [0.2, 0.25) is 0 Å². The standard InChI is InChI=1S/C22H20ClIN2O4/c1-3-9-26-21(27)18(25-22(26)28)11-15-10-17(23)20(19(12-15)29-4-2)30-13-14-5-7-16(24)8-6-14/h3,5-8,10-12H,1,4,9,13H2,2H3,(H,25,28)/b18-11+. The molecule has 1 fully saturated rings. The second-order valence-corrected chi connectivity index (χ2v) is 8.02. The Bertz CT molecular complexity index is 1000. The molecule has 0 aliphatic carbocycles. The van der Waals surface area contributed by atoms with Crippen molar-refractivity contribution >= 4 is 52.2 Å². The topological polar surface area (TPSA) is 67.9 Å². The molecule has 3 amide bonds. The van der Waals surface area contributed by atoms with E-state index in [0.717, 1.165) is 14.0 Å². The van der Waals surface area contributed by atoms with Crippen LogP contribution in [0.4, 0.5) is 4.79 Å². The molecule has 1 N–H and O–H groups in total. The van der Waals surface area contributed by atoms with Crippen LogP contribution in [0.1, 0.15) is 18.1 Å². The van der Waals surface area contributed by atoms with Gasteiger partial charge >= 0.3 is 6.03 Å². The molecule has 156 valence electrons. The van der Waals surface area contributed by atoms with Gasteiger partial charge < -0.3 is 14.8 Å². The smallest absolute Gasteiger partial charge is 0.329 e. The number of nitrogens with zero attached hydrogens (tertiary/aromatic N) is 1. The highest BCUT2D eigenvalue weighted by atomic mass is 127. The van der Waals surface area contributed by atoms with Crippen molar-refractivity contribution in [3.8, 4) is 11.5 Å². The molecule has 1 aliphatic rings. The molecule has 8 heteroatoms. The highest BCUT2D eigenvalue weighted by Gasteiger charge is 2.32. The van der Waals surface area contributed by atoms with E-state index in [-0.39, 0.29) is 12.2 Å². The summed E-state index contributed by atoms with van der Waals surface area (Å²) in [5.41, 5.74) is 1.77. The summed E-state index contributed by atoms with van der Waals surface area (Å²) in [5.74, 6) is 0.462. The van der Waals surface area contributed by atoms with Crippen LogP contribution in [0.25, 0.3) is 6.08 Å². The summed E-state index contributed by atoms with van der Waals surface area (Å²) in [7, 11) is 0. The zero-order valence-electron chi connectivity index (χ0n) is 16.3. The van der Waals surface area contributed by atoms with E-state index in [9.17, 15) is 9.59 Å². The number of hydrogen-bond acceptors (Lipinski definition) is 4. The number of hydrogen-bond donors (Lipinski definition) is 1. The van der Waals surface area contributed by atoms with Crippen LogP contribution in [0.15, 0.2) is 54.8 Å². The minimum absolute atomic E-state index is 0.137. The summed E-state index contributed by atoms with van der Waals surface area (Å²) in [6, 6.07) is 10.9. The molecule has 1 saturated heterocycles. The molecule has 6 nitrogen and oxygen atoms in total. The number of ether oxygens (including phenoxy) is 2. The number of rotatable bonds is 8. The molecule has 0 atom stereocenters. The Morgan fingerprint density at radius 1 is 1.20 bits per heavy atom. The lowest BCUT2D eigenvalue weighted by atomic mass is 10.1. The Hall–Kier alpha value is -2.52. The Morgan fingerprint density at radius 2 is 1.93 bits per heavy atom. The summed E-state index contributed by atoms with van der Waals surface area (Å²) < 4.78 is 12.8. The molecule has 2 aromatic rings. The fraction of sp³-hybridized carbons (Fsp3) is 0.182. The SMILES string of the molecule is C=CCN1C(=O)N/C(=C/c2cc(Cl)c(OCc3ccc(I)cc3)c(OCC)c2)C1=O. The van der Waals surface area contributed by atoms with Crippen LogP contribution < -0.4 is 14.8 Å². The van der Waals surface area contributed by atoms with Crippen molar-refractivity contribution in [3.05, 3.63) is 74.5 Å². The number of amides is 3. The molecule has 3 rings (SSSR count). The maximum Gasteiger partial charge on any atom is 0.329 e. The number of carbonyl (C=O) groups excluding carboxylic acids is 2. The number of carbonyl (C=O) groups is 2. The maximum atomic E-state index is 12.4. The van der Waals surface area contributed by atoms with Gasteiger partial charge in [-0.05, 0) is 71.0 Å². The van der Waals surface area contributed by atoms with Crippen LogP contribution >= 0.6 is 34.2 Å². The lowest BCUT2D eigenvalue weighted by molar-refractivity contribution is -0.122. The third kappa shape index (κ3) is 5.14. The molecule has 2 aromatic carbocycles. The third-order valence-electron chi connectivity index (χ3n) is 4.21. The second-order valence-electron chi connectivity index (χ2n) is 6.37. The summed E-state index contributed by atoms with van der Waals surface area (Å²) in [5, 5.41) is 2.90. The van der Waals surface area contributed by atoms with E-state index in [2.05, 4.69) is 34.5 Å². The van der Waals surface area contributed by atoms with Crippen molar-refractivity contribution in [2.45, 2.75) is 13.5 Å². The van der Waals surface area contributed by atoms with Gasteiger partial charge in [-0.3, -0.25) is 9.69 Å². The van der Waals surface area contributed by atoms with Gasteiger partial charge in [-0.25, -0.2) is 4.79 Å². The molecule has 0 unspecified atom stereocenters. The zero-order chi connectivity index (χ0) is 21.7. The second kappa shape index (κ2) is 9.99. The Kier molecular flexibility index (Phi) is 7.38. The average Bonchev–Trinajstić information content (AvgIpc) is 2.97. The summed E-state index contributed by atoms with van der Waals surface area (Å²) >= 11 is 8.70. The Morgan fingerprint density at radius 3 is 2.60 bits per heavy atom. The van der Waals surface area contributed by atoms with E-state index < -0.39 is 11.9 Å². The van der Waals surface area contributed by atoms with Crippen molar-refractivity contribution in [1.82, 2.24) is 10.2 Å². The van der Waals surface area contributed by atoms with Crippen LogP contribution in [0.5, 0.6) is 11.5 Å². The van der Waals surface area contributed by atoms with Crippen molar-refractivity contribution < 1.29 is 19.1 Å². The van der Waals surface area contributed by atoms with Crippen LogP contribution in [0.3, 0.4) is 0 Å². The van der Waals surface area contributed by atoms with E-state index in [1.165, 1.54) is 6.08 Å². The minimum Gasteiger partial charge on any atom is -0.490 e. The van der Waals surface area contributed by atoms with Crippen LogP contribution in [0, 0.1) is 3.57 Å². The van der Waals surface area contributed by atoms with E-state index in [1.807, 2.05) is 31.2 Å². The van der Waals surface area contributed by atoms with Crippen molar-refractivity contribution in [1.29, 1.82) is 0 Å². The first-order valence-corrected chi connectivity index (χ1v) is 10.7. The highest BCUT2D eigenvalue weighted by molar-refractivity contribution is 14.1. The predicted octanol–water partition coefficient (Wildman–Crippen LogP) is 5.00. The number of benzene rings is 2. The predicted molar refractivity (Wildman–Crippen MR) is 125 cm³/mol. The van der Waals surface area contributed by atoms with E-state index in [0.29, 0.717) is 35.3 Å². The molecule has 1 aliphatic heterocycles. The maximum absolute atomic E-state index is 12.4. The van der Waals surface area contributed by atoms with Gasteiger partial charge in [0.15, 0.2) is 11.5 Å². The van der Waals surface area contributed by atoms with Gasteiger partial charge in [-0.2, -0.15) is 0 Å². The van der Waals surface area contributed by atoms with Crippen molar-refractivity contribution in [2.75, 3.05) is 13.2 Å². The Labute approximate surface area is 193 Å². The Balaban J connectivity index is 1.85. The molecule has 0 spiro atoms. The number of imide groups is 1. The third-order valence-corrected chi connectivity index (χ3v) is 5.21. The van der Waals surface area contributed by atoms with Gasteiger partial charge in [0, 0.05) is 10.1 Å². The van der Waals surface area contributed by atoms with Crippen molar-refractivity contribution in [2.24, 2.45) is 0 Å².